The number of amides is 2. The molecule has 0 bridgehead atoms. The van der Waals surface area contributed by atoms with Gasteiger partial charge >= 0.3 is 19.9 Å². The SMILES string of the molecule is CCOP(=O)(OCC)N(C(=O)OC(C)C)N(C(=O)OC(C)C)S(=O)(=O)c1ccccc1. The van der Waals surface area contributed by atoms with Crippen LogP contribution < -0.4 is 0 Å². The molecule has 1 aromatic rings. The minimum Gasteiger partial charge on any atom is -0.445 e. The number of sulfonamides is 1. The summed E-state index contributed by atoms with van der Waals surface area (Å²) in [6.45, 7) is 8.41. The Morgan fingerprint density at radius 1 is 0.903 bits per heavy atom. The lowest BCUT2D eigenvalue weighted by Gasteiger charge is -2.35. The van der Waals surface area contributed by atoms with E-state index in [1.54, 1.807) is 6.07 Å². The van der Waals surface area contributed by atoms with Crippen LogP contribution in [-0.4, -0.2) is 55.2 Å². The quantitative estimate of drug-likeness (QED) is 0.378. The van der Waals surface area contributed by atoms with Gasteiger partial charge in [0.1, 0.15) is 0 Å². The van der Waals surface area contributed by atoms with Gasteiger partial charge in [0.25, 0.3) is 10.0 Å². The molecule has 0 N–H and O–H groups in total. The summed E-state index contributed by atoms with van der Waals surface area (Å²) in [5, 5.41) is 0. The zero-order valence-corrected chi connectivity index (χ0v) is 20.1. The summed E-state index contributed by atoms with van der Waals surface area (Å²) in [6.07, 6.45) is -4.42. The highest BCUT2D eigenvalue weighted by atomic mass is 32.2. The Balaban J connectivity index is 3.80. The average molecular weight is 480 g/mol. The first-order valence-corrected chi connectivity index (χ1v) is 12.6. The van der Waals surface area contributed by atoms with Gasteiger partial charge in [0.15, 0.2) is 0 Å². The number of ether oxygens (including phenoxy) is 2. The van der Waals surface area contributed by atoms with Gasteiger partial charge < -0.3 is 9.47 Å². The second-order valence-electron chi connectivity index (χ2n) is 6.52. The van der Waals surface area contributed by atoms with E-state index in [0.29, 0.717) is 0 Å². The predicted octanol–water partition coefficient (Wildman–Crippen LogP) is 4.17. The molecule has 0 saturated carbocycles. The zero-order chi connectivity index (χ0) is 23.8. The van der Waals surface area contributed by atoms with Gasteiger partial charge in [0, 0.05) is 0 Å². The van der Waals surface area contributed by atoms with Crippen LogP contribution in [0.2, 0.25) is 0 Å². The number of rotatable bonds is 9. The molecule has 0 unspecified atom stereocenters. The van der Waals surface area contributed by atoms with E-state index in [-0.39, 0.29) is 27.3 Å². The Bertz CT molecular complexity index is 881. The van der Waals surface area contributed by atoms with E-state index in [1.807, 2.05) is 0 Å². The van der Waals surface area contributed by atoms with Crippen LogP contribution in [0.3, 0.4) is 0 Å². The van der Waals surface area contributed by atoms with Gasteiger partial charge in [0.2, 0.25) is 0 Å². The third-order valence-electron chi connectivity index (χ3n) is 3.25. The minimum absolute atomic E-state index is 0.0487. The normalized spacial score (nSPS) is 12.0. The van der Waals surface area contributed by atoms with Crippen molar-refractivity contribution in [2.24, 2.45) is 0 Å². The van der Waals surface area contributed by atoms with Gasteiger partial charge in [-0.15, -0.1) is 0 Å². The first-order valence-electron chi connectivity index (χ1n) is 9.61. The molecule has 0 atom stereocenters. The molecule has 0 fully saturated rings. The summed E-state index contributed by atoms with van der Waals surface area (Å²) < 4.78 is 60.6. The van der Waals surface area contributed by atoms with Crippen LogP contribution in [0.15, 0.2) is 35.2 Å². The van der Waals surface area contributed by atoms with E-state index in [2.05, 4.69) is 0 Å². The highest BCUT2D eigenvalue weighted by Crippen LogP contribution is 2.54. The van der Waals surface area contributed by atoms with Gasteiger partial charge in [0.05, 0.1) is 30.3 Å². The van der Waals surface area contributed by atoms with Crippen LogP contribution in [0.25, 0.3) is 0 Å². The molecule has 1 aromatic carbocycles. The summed E-state index contributed by atoms with van der Waals surface area (Å²) >= 11 is 0. The maximum Gasteiger partial charge on any atom is 0.460 e. The zero-order valence-electron chi connectivity index (χ0n) is 18.4. The number of hydrazine groups is 1. The minimum atomic E-state index is -4.79. The maximum absolute atomic E-state index is 13.5. The number of hydrogen-bond donors (Lipinski definition) is 0. The molecule has 2 amide bonds. The molecule has 0 aliphatic rings. The van der Waals surface area contributed by atoms with Gasteiger partial charge in [-0.25, -0.2) is 14.2 Å². The van der Waals surface area contributed by atoms with Crippen molar-refractivity contribution in [1.29, 1.82) is 0 Å². The van der Waals surface area contributed by atoms with Crippen molar-refractivity contribution in [1.82, 2.24) is 9.19 Å². The van der Waals surface area contributed by atoms with E-state index in [0.717, 1.165) is 0 Å². The standard InChI is InChI=1S/C18H29N2O9PS/c1-7-26-30(23,27-8-2)19(17(21)28-14(3)4)20(18(22)29-15(5)6)31(24,25)16-12-10-9-11-13-16/h9-15H,7-8H2,1-6H3. The molecule has 0 heterocycles. The summed E-state index contributed by atoms with van der Waals surface area (Å²) in [6, 6.07) is 6.79. The predicted molar refractivity (Wildman–Crippen MR) is 111 cm³/mol. The summed E-state index contributed by atoms with van der Waals surface area (Å²) in [5.41, 5.74) is 0. The third kappa shape index (κ3) is 6.93. The van der Waals surface area contributed by atoms with Crippen molar-refractivity contribution in [2.45, 2.75) is 58.6 Å². The van der Waals surface area contributed by atoms with Crippen molar-refractivity contribution in [3.05, 3.63) is 30.3 Å². The van der Waals surface area contributed by atoms with Crippen LogP contribution in [0.5, 0.6) is 0 Å². The topological polar surface area (TPSA) is 129 Å². The summed E-state index contributed by atoms with van der Waals surface area (Å²) in [7, 11) is -9.50. The fourth-order valence-corrected chi connectivity index (χ4v) is 5.44. The fraction of sp³-hybridized carbons (Fsp3) is 0.556. The Hall–Kier alpha value is -2.14. The molecule has 0 aromatic heterocycles. The third-order valence-corrected chi connectivity index (χ3v) is 6.98. The summed E-state index contributed by atoms with van der Waals surface area (Å²) in [5.74, 6) is 0. The average Bonchev–Trinajstić information content (AvgIpc) is 2.65. The highest BCUT2D eigenvalue weighted by molar-refractivity contribution is 7.89. The molecular weight excluding hydrogens is 451 g/mol. The molecule has 1 rings (SSSR count). The van der Waals surface area contributed by atoms with Crippen molar-refractivity contribution >= 4 is 30.0 Å². The van der Waals surface area contributed by atoms with Crippen molar-refractivity contribution in [2.75, 3.05) is 13.2 Å². The van der Waals surface area contributed by atoms with Gasteiger partial charge in [-0.3, -0.25) is 9.05 Å². The summed E-state index contributed by atoms with van der Waals surface area (Å²) in [4.78, 5) is 25.5. The Morgan fingerprint density at radius 3 is 1.77 bits per heavy atom. The molecule has 13 heteroatoms. The highest BCUT2D eigenvalue weighted by Gasteiger charge is 2.51. The lowest BCUT2D eigenvalue weighted by Crippen LogP contribution is -2.52. The molecule has 0 radical (unpaired) electrons. The van der Waals surface area contributed by atoms with Crippen LogP contribution in [-0.2, 0) is 33.1 Å². The largest absolute Gasteiger partial charge is 0.460 e. The van der Waals surface area contributed by atoms with E-state index < -0.39 is 42.2 Å². The van der Waals surface area contributed by atoms with Gasteiger partial charge in [-0.1, -0.05) is 27.4 Å². The Kier molecular flexibility index (Phi) is 9.95. The van der Waals surface area contributed by atoms with Crippen molar-refractivity contribution < 1.29 is 41.1 Å². The molecule has 0 saturated heterocycles. The number of nitrogens with zero attached hydrogens (tertiary/aromatic N) is 2. The Morgan fingerprint density at radius 2 is 1.35 bits per heavy atom. The molecule has 31 heavy (non-hydrogen) atoms. The number of carbonyl (C=O) groups excluding carboxylic acids is 2. The van der Waals surface area contributed by atoms with Crippen LogP contribution >= 0.6 is 7.75 Å². The van der Waals surface area contributed by atoms with E-state index in [9.17, 15) is 22.6 Å². The van der Waals surface area contributed by atoms with Gasteiger partial charge in [-0.05, 0) is 53.7 Å². The van der Waals surface area contributed by atoms with Crippen LogP contribution in [0, 0.1) is 0 Å². The number of carbonyl (C=O) groups is 2. The lowest BCUT2D eigenvalue weighted by atomic mass is 10.4. The first-order chi connectivity index (χ1) is 14.4. The molecular formula is C18H29N2O9PS. The lowest BCUT2D eigenvalue weighted by molar-refractivity contribution is 0.0204. The molecule has 0 aliphatic carbocycles. The van der Waals surface area contributed by atoms with Crippen molar-refractivity contribution in [3.63, 3.8) is 0 Å². The van der Waals surface area contributed by atoms with Crippen LogP contribution in [0.4, 0.5) is 9.59 Å². The number of benzene rings is 1. The number of hydrogen-bond acceptors (Lipinski definition) is 9. The smallest absolute Gasteiger partial charge is 0.445 e. The second kappa shape index (κ2) is 11.5. The molecule has 11 nitrogen and oxygen atoms in total. The first kappa shape index (κ1) is 26.9. The molecule has 176 valence electrons. The maximum atomic E-state index is 13.5. The molecule has 0 aliphatic heterocycles. The van der Waals surface area contributed by atoms with E-state index in [1.165, 1.54) is 65.8 Å². The van der Waals surface area contributed by atoms with Crippen molar-refractivity contribution in [3.8, 4) is 0 Å². The van der Waals surface area contributed by atoms with E-state index in [4.69, 9.17) is 18.5 Å². The molecule has 0 spiro atoms. The van der Waals surface area contributed by atoms with Gasteiger partial charge in [-0.2, -0.15) is 8.42 Å². The Labute approximate surface area is 182 Å². The second-order valence-corrected chi connectivity index (χ2v) is 10.1. The van der Waals surface area contributed by atoms with E-state index >= 15 is 0 Å². The fourth-order valence-electron chi connectivity index (χ4n) is 2.21. The monoisotopic (exact) mass is 480 g/mol. The van der Waals surface area contributed by atoms with Crippen LogP contribution in [0.1, 0.15) is 41.5 Å².